The molecule has 1 heterocycles. The van der Waals surface area contributed by atoms with E-state index in [0.29, 0.717) is 0 Å². The van der Waals surface area contributed by atoms with Crippen LogP contribution in [-0.2, 0) is 4.79 Å². The molecule has 1 saturated heterocycles. The summed E-state index contributed by atoms with van der Waals surface area (Å²) in [4.78, 5) is 24.5. The maximum atomic E-state index is 12.0. The molecule has 0 aromatic rings. The van der Waals surface area contributed by atoms with Crippen LogP contribution in [0.3, 0.4) is 0 Å². The van der Waals surface area contributed by atoms with E-state index in [4.69, 9.17) is 0 Å². The van der Waals surface area contributed by atoms with E-state index in [1.165, 1.54) is 11.9 Å². The van der Waals surface area contributed by atoms with E-state index in [1.807, 2.05) is 27.7 Å². The molecule has 0 atom stereocenters. The van der Waals surface area contributed by atoms with E-state index in [9.17, 15) is 9.59 Å². The smallest absolute Gasteiger partial charge is 0.323 e. The van der Waals surface area contributed by atoms with E-state index in [0.717, 1.165) is 0 Å². The van der Waals surface area contributed by atoms with Gasteiger partial charge in [-0.3, -0.25) is 9.69 Å². The molecule has 0 saturated carbocycles. The Bertz CT molecular complexity index is 263. The van der Waals surface area contributed by atoms with Crippen molar-refractivity contribution in [3.05, 3.63) is 0 Å². The molecule has 4 nitrogen and oxygen atoms in total. The minimum Gasteiger partial charge on any atom is -0.323 e. The third kappa shape index (κ3) is 1.21. The van der Waals surface area contributed by atoms with Gasteiger partial charge in [0.05, 0.1) is 0 Å². The second kappa shape index (κ2) is 3.26. The van der Waals surface area contributed by atoms with Gasteiger partial charge >= 0.3 is 6.03 Å². The van der Waals surface area contributed by atoms with Crippen molar-refractivity contribution in [3.63, 3.8) is 0 Å². The van der Waals surface area contributed by atoms with E-state index in [2.05, 4.69) is 5.32 Å². The lowest BCUT2D eigenvalue weighted by molar-refractivity contribution is -0.133. The highest BCUT2D eigenvalue weighted by atomic mass is 16.2. The molecule has 3 amide bonds. The molecule has 1 N–H and O–H groups in total. The molecule has 0 spiro atoms. The van der Waals surface area contributed by atoms with Crippen molar-refractivity contribution in [1.29, 1.82) is 0 Å². The Labute approximate surface area is 84.7 Å². The van der Waals surface area contributed by atoms with Gasteiger partial charge in [-0.05, 0) is 11.8 Å². The average molecular weight is 198 g/mol. The van der Waals surface area contributed by atoms with Crippen LogP contribution in [0.1, 0.15) is 27.7 Å². The first kappa shape index (κ1) is 11.0. The monoisotopic (exact) mass is 198 g/mol. The molecular weight excluding hydrogens is 180 g/mol. The van der Waals surface area contributed by atoms with Crippen LogP contribution < -0.4 is 5.32 Å². The molecular formula is C10H18N2O2. The van der Waals surface area contributed by atoms with E-state index < -0.39 is 5.54 Å². The fourth-order valence-electron chi connectivity index (χ4n) is 2.13. The molecule has 0 aromatic carbocycles. The quantitative estimate of drug-likeness (QED) is 0.678. The Hall–Kier alpha value is -1.06. The number of amides is 3. The van der Waals surface area contributed by atoms with Crippen molar-refractivity contribution in [2.45, 2.75) is 33.2 Å². The molecule has 0 aliphatic carbocycles. The molecule has 1 fully saturated rings. The van der Waals surface area contributed by atoms with Gasteiger partial charge in [-0.25, -0.2) is 4.79 Å². The molecule has 14 heavy (non-hydrogen) atoms. The Morgan fingerprint density at radius 1 is 1.14 bits per heavy atom. The van der Waals surface area contributed by atoms with Gasteiger partial charge in [0, 0.05) is 7.05 Å². The Morgan fingerprint density at radius 2 is 1.57 bits per heavy atom. The number of carbonyl (C=O) groups excluding carboxylic acids is 2. The zero-order valence-corrected chi connectivity index (χ0v) is 9.42. The number of hydrogen-bond acceptors (Lipinski definition) is 2. The third-order valence-corrected chi connectivity index (χ3v) is 3.10. The SMILES string of the molecule is CC(C)C1(C(C)C)NC(=O)N(C)C1=O. The summed E-state index contributed by atoms with van der Waals surface area (Å²) >= 11 is 0. The lowest BCUT2D eigenvalue weighted by atomic mass is 9.77. The maximum absolute atomic E-state index is 12.0. The lowest BCUT2D eigenvalue weighted by Gasteiger charge is -2.34. The van der Waals surface area contributed by atoms with Crippen molar-refractivity contribution in [1.82, 2.24) is 10.2 Å². The van der Waals surface area contributed by atoms with Crippen LogP contribution in [0, 0.1) is 11.8 Å². The van der Waals surface area contributed by atoms with Gasteiger partial charge in [0.2, 0.25) is 0 Å². The number of urea groups is 1. The molecule has 1 aliphatic rings. The average Bonchev–Trinajstić information content (AvgIpc) is 2.30. The van der Waals surface area contributed by atoms with Crippen LogP contribution in [0.25, 0.3) is 0 Å². The van der Waals surface area contributed by atoms with Crippen molar-refractivity contribution in [2.75, 3.05) is 7.05 Å². The van der Waals surface area contributed by atoms with Crippen molar-refractivity contribution >= 4 is 11.9 Å². The van der Waals surface area contributed by atoms with Crippen LogP contribution in [0.15, 0.2) is 0 Å². The van der Waals surface area contributed by atoms with E-state index in [1.54, 1.807) is 0 Å². The fourth-order valence-corrected chi connectivity index (χ4v) is 2.13. The fraction of sp³-hybridized carbons (Fsp3) is 0.800. The summed E-state index contributed by atoms with van der Waals surface area (Å²) in [7, 11) is 1.52. The molecule has 0 radical (unpaired) electrons. The number of nitrogens with one attached hydrogen (secondary N) is 1. The van der Waals surface area contributed by atoms with E-state index in [-0.39, 0.29) is 23.8 Å². The third-order valence-electron chi connectivity index (χ3n) is 3.10. The summed E-state index contributed by atoms with van der Waals surface area (Å²) in [5.41, 5.74) is -0.716. The van der Waals surface area contributed by atoms with Crippen molar-refractivity contribution in [3.8, 4) is 0 Å². The number of imide groups is 1. The minimum absolute atomic E-state index is 0.101. The van der Waals surface area contributed by atoms with Gasteiger partial charge in [0.25, 0.3) is 5.91 Å². The van der Waals surface area contributed by atoms with Crippen LogP contribution in [-0.4, -0.2) is 29.4 Å². The summed E-state index contributed by atoms with van der Waals surface area (Å²) in [5, 5.41) is 2.80. The first-order valence-corrected chi connectivity index (χ1v) is 4.94. The van der Waals surface area contributed by atoms with Gasteiger partial charge in [0.1, 0.15) is 5.54 Å². The predicted octanol–water partition coefficient (Wildman–Crippen LogP) is 1.22. The number of nitrogens with zero attached hydrogens (tertiary/aromatic N) is 1. The Morgan fingerprint density at radius 3 is 1.71 bits per heavy atom. The van der Waals surface area contributed by atoms with Gasteiger partial charge in [0.15, 0.2) is 0 Å². The van der Waals surface area contributed by atoms with Crippen LogP contribution in [0.5, 0.6) is 0 Å². The zero-order valence-electron chi connectivity index (χ0n) is 9.42. The predicted molar refractivity (Wildman–Crippen MR) is 53.7 cm³/mol. The standard InChI is InChI=1S/C10H18N2O2/c1-6(2)10(7(3)4)8(13)12(5)9(14)11-10/h6-7H,1-5H3,(H,11,14). The molecule has 4 heteroatoms. The summed E-state index contributed by atoms with van der Waals surface area (Å²) in [6, 6.07) is -0.294. The number of likely N-dealkylation sites (N-methyl/N-ethyl adjacent to an activating group) is 1. The van der Waals surface area contributed by atoms with Crippen LogP contribution in [0.2, 0.25) is 0 Å². The molecule has 80 valence electrons. The van der Waals surface area contributed by atoms with Gasteiger partial charge in [-0.2, -0.15) is 0 Å². The van der Waals surface area contributed by atoms with Gasteiger partial charge in [-0.1, -0.05) is 27.7 Å². The normalized spacial score (nSPS) is 20.9. The molecule has 1 aliphatic heterocycles. The largest absolute Gasteiger partial charge is 0.324 e. The van der Waals surface area contributed by atoms with Crippen LogP contribution >= 0.6 is 0 Å². The second-order valence-electron chi connectivity index (χ2n) is 4.47. The lowest BCUT2D eigenvalue weighted by Crippen LogP contribution is -2.55. The Kier molecular flexibility index (Phi) is 2.56. The maximum Gasteiger partial charge on any atom is 0.324 e. The topological polar surface area (TPSA) is 49.4 Å². The number of hydrogen-bond donors (Lipinski definition) is 1. The molecule has 0 unspecified atom stereocenters. The van der Waals surface area contributed by atoms with Crippen LogP contribution in [0.4, 0.5) is 4.79 Å². The highest BCUT2D eigenvalue weighted by molar-refractivity contribution is 6.07. The highest BCUT2D eigenvalue weighted by Crippen LogP contribution is 2.32. The summed E-state index contributed by atoms with van der Waals surface area (Å²) < 4.78 is 0. The zero-order chi connectivity index (χ0) is 11.1. The summed E-state index contributed by atoms with van der Waals surface area (Å²) in [6.45, 7) is 7.82. The highest BCUT2D eigenvalue weighted by Gasteiger charge is 2.53. The minimum atomic E-state index is -0.716. The van der Waals surface area contributed by atoms with Crippen molar-refractivity contribution < 1.29 is 9.59 Å². The molecule has 1 rings (SSSR count). The van der Waals surface area contributed by atoms with Gasteiger partial charge in [-0.15, -0.1) is 0 Å². The number of carbonyl (C=O) groups is 2. The Balaban J connectivity index is 3.14. The summed E-state index contributed by atoms with van der Waals surface area (Å²) in [6.07, 6.45) is 0. The van der Waals surface area contributed by atoms with Crippen molar-refractivity contribution in [2.24, 2.45) is 11.8 Å². The first-order chi connectivity index (χ1) is 6.34. The molecule has 0 aromatic heterocycles. The second-order valence-corrected chi connectivity index (χ2v) is 4.47. The summed E-state index contributed by atoms with van der Waals surface area (Å²) in [5.74, 6) is 0.0836. The molecule has 0 bridgehead atoms. The number of rotatable bonds is 2. The first-order valence-electron chi connectivity index (χ1n) is 4.94. The van der Waals surface area contributed by atoms with E-state index >= 15 is 0 Å². The van der Waals surface area contributed by atoms with Gasteiger partial charge < -0.3 is 5.32 Å².